The minimum absolute atomic E-state index is 0.144. The van der Waals surface area contributed by atoms with Crippen molar-refractivity contribution in [2.45, 2.75) is 78.4 Å². The molecule has 4 fully saturated rings. The highest BCUT2D eigenvalue weighted by Gasteiger charge is 2.69. The van der Waals surface area contributed by atoms with Crippen LogP contribution in [0.1, 0.15) is 66.2 Å². The van der Waals surface area contributed by atoms with Gasteiger partial charge in [0.25, 0.3) is 0 Å². The summed E-state index contributed by atoms with van der Waals surface area (Å²) in [7, 11) is 0. The Morgan fingerprint density at radius 1 is 1.27 bits per heavy atom. The van der Waals surface area contributed by atoms with Crippen molar-refractivity contribution in [1.82, 2.24) is 0 Å². The predicted octanol–water partition coefficient (Wildman–Crippen LogP) is 4.88. The molecule has 0 aromatic heterocycles. The van der Waals surface area contributed by atoms with Crippen molar-refractivity contribution >= 4 is 11.8 Å². The first-order valence-electron chi connectivity index (χ1n) is 12.0. The van der Waals surface area contributed by atoms with E-state index in [1.54, 1.807) is 6.08 Å². The fourth-order valence-electron chi connectivity index (χ4n) is 8.27. The molecule has 30 heavy (non-hydrogen) atoms. The Morgan fingerprint density at radius 3 is 2.83 bits per heavy atom. The molecule has 0 aromatic carbocycles. The molecule has 0 radical (unpaired) electrons. The topological polar surface area (TPSA) is 55.9 Å². The molecule has 0 bridgehead atoms. The smallest absolute Gasteiger partial charge is 0.330 e. The van der Waals surface area contributed by atoms with E-state index < -0.39 is 0 Å². The summed E-state index contributed by atoms with van der Waals surface area (Å²) in [5.41, 5.74) is 1.76. The molecule has 0 aromatic rings. The van der Waals surface area contributed by atoms with E-state index in [1.165, 1.54) is 31.3 Å². The maximum absolute atomic E-state index is 12.1. The van der Waals surface area contributed by atoms with Gasteiger partial charge in [0, 0.05) is 12.5 Å². The SMILES string of the molecule is CCOC(=O)/C=C/[C@@H](C)C1CCC2C3C4O[C@H]4C4=CC(=O)CC[C@]4(C)C3CC[C@@]21C. The van der Waals surface area contributed by atoms with Gasteiger partial charge in [0.1, 0.15) is 6.10 Å². The number of hydrogen-bond acceptors (Lipinski definition) is 4. The number of esters is 1. The zero-order valence-corrected chi connectivity index (χ0v) is 18.9. The molecule has 0 spiro atoms. The number of fused-ring (bicyclic) bond motifs is 8. The largest absolute Gasteiger partial charge is 0.463 e. The van der Waals surface area contributed by atoms with Crippen molar-refractivity contribution < 1.29 is 19.1 Å². The third kappa shape index (κ3) is 2.89. The van der Waals surface area contributed by atoms with E-state index >= 15 is 0 Å². The van der Waals surface area contributed by atoms with Gasteiger partial charge in [0.2, 0.25) is 0 Å². The Kier molecular flexibility index (Phi) is 4.81. The van der Waals surface area contributed by atoms with Crippen LogP contribution in [-0.4, -0.2) is 30.6 Å². The van der Waals surface area contributed by atoms with Gasteiger partial charge in [-0.2, -0.15) is 0 Å². The van der Waals surface area contributed by atoms with Crippen LogP contribution in [0.3, 0.4) is 0 Å². The van der Waals surface area contributed by atoms with Crippen LogP contribution in [0.15, 0.2) is 23.8 Å². The molecule has 5 rings (SSSR count). The second-order valence-corrected chi connectivity index (χ2v) is 11.0. The van der Waals surface area contributed by atoms with E-state index in [2.05, 4.69) is 26.8 Å². The van der Waals surface area contributed by atoms with Gasteiger partial charge in [-0.15, -0.1) is 0 Å². The van der Waals surface area contributed by atoms with Gasteiger partial charge in [0.05, 0.1) is 12.7 Å². The molecule has 164 valence electrons. The van der Waals surface area contributed by atoms with Gasteiger partial charge in [-0.3, -0.25) is 4.79 Å². The van der Waals surface area contributed by atoms with Crippen LogP contribution in [0.4, 0.5) is 0 Å². The maximum atomic E-state index is 12.1. The molecule has 3 saturated carbocycles. The quantitative estimate of drug-likeness (QED) is 0.375. The standard InChI is InChI=1S/C26H36O4/c1-5-29-21(28)9-6-15(2)17-7-8-18-22-19(11-13-25(17,18)3)26(4)12-10-16(27)14-20(26)23-24(22)30-23/h6,9,14-15,17-19,22-24H,5,7-8,10-13H2,1-4H3/b9-6+/t15-,17?,18?,19?,22?,23+,24?,25-,26-/m1/s1. The molecule has 4 aliphatic carbocycles. The van der Waals surface area contributed by atoms with Gasteiger partial charge < -0.3 is 9.47 Å². The first-order valence-corrected chi connectivity index (χ1v) is 12.0. The Hall–Kier alpha value is -1.42. The Bertz CT molecular complexity index is 812. The van der Waals surface area contributed by atoms with E-state index in [0.29, 0.717) is 59.9 Å². The Morgan fingerprint density at radius 2 is 2.07 bits per heavy atom. The molecule has 5 unspecified atom stereocenters. The maximum Gasteiger partial charge on any atom is 0.330 e. The van der Waals surface area contributed by atoms with Crippen molar-refractivity contribution in [1.29, 1.82) is 0 Å². The minimum Gasteiger partial charge on any atom is -0.463 e. The summed E-state index contributed by atoms with van der Waals surface area (Å²) < 4.78 is 11.4. The Balaban J connectivity index is 1.39. The summed E-state index contributed by atoms with van der Waals surface area (Å²) in [6.45, 7) is 9.47. The lowest BCUT2D eigenvalue weighted by Crippen LogP contribution is -2.53. The van der Waals surface area contributed by atoms with Crippen LogP contribution in [0, 0.1) is 40.4 Å². The van der Waals surface area contributed by atoms with E-state index in [0.717, 1.165) is 6.42 Å². The van der Waals surface area contributed by atoms with Gasteiger partial charge >= 0.3 is 5.97 Å². The van der Waals surface area contributed by atoms with Gasteiger partial charge in [-0.25, -0.2) is 4.79 Å². The fourth-order valence-corrected chi connectivity index (χ4v) is 8.27. The summed E-state index contributed by atoms with van der Waals surface area (Å²) >= 11 is 0. The molecule has 0 amide bonds. The molecule has 1 aliphatic heterocycles. The first kappa shape index (κ1) is 20.5. The molecule has 0 N–H and O–H groups in total. The van der Waals surface area contributed by atoms with Crippen LogP contribution in [-0.2, 0) is 19.1 Å². The normalized spacial score (nSPS) is 47.6. The summed E-state index contributed by atoms with van der Waals surface area (Å²) in [6, 6.07) is 0. The summed E-state index contributed by atoms with van der Waals surface area (Å²) in [6.07, 6.45) is 12.8. The number of rotatable bonds is 4. The number of allylic oxidation sites excluding steroid dienone is 1. The van der Waals surface area contributed by atoms with Gasteiger partial charge in [-0.05, 0) is 91.1 Å². The first-order chi connectivity index (χ1) is 14.3. The molecule has 5 aliphatic rings. The third-order valence-corrected chi connectivity index (χ3v) is 9.76. The number of ether oxygens (including phenoxy) is 2. The van der Waals surface area contributed by atoms with E-state index in [1.807, 2.05) is 13.0 Å². The van der Waals surface area contributed by atoms with Crippen molar-refractivity contribution in [2.75, 3.05) is 6.61 Å². The van der Waals surface area contributed by atoms with E-state index in [4.69, 9.17) is 9.47 Å². The van der Waals surface area contributed by atoms with Crippen molar-refractivity contribution in [3.63, 3.8) is 0 Å². The molecule has 4 nitrogen and oxygen atoms in total. The van der Waals surface area contributed by atoms with Crippen LogP contribution in [0.5, 0.6) is 0 Å². The second kappa shape index (κ2) is 7.05. The average molecular weight is 413 g/mol. The van der Waals surface area contributed by atoms with Crippen molar-refractivity contribution in [3.8, 4) is 0 Å². The predicted molar refractivity (Wildman–Crippen MR) is 115 cm³/mol. The minimum atomic E-state index is -0.228. The number of carbonyl (C=O) groups excluding carboxylic acids is 2. The Labute approximate surface area is 180 Å². The number of epoxide rings is 1. The van der Waals surface area contributed by atoms with E-state index in [-0.39, 0.29) is 17.5 Å². The summed E-state index contributed by atoms with van der Waals surface area (Å²) in [5, 5.41) is 0. The van der Waals surface area contributed by atoms with E-state index in [9.17, 15) is 9.59 Å². The van der Waals surface area contributed by atoms with Gasteiger partial charge in [0.15, 0.2) is 5.78 Å². The summed E-state index contributed by atoms with van der Waals surface area (Å²) in [4.78, 5) is 23.9. The molecule has 4 heteroatoms. The molecule has 1 saturated heterocycles. The molecule has 9 atom stereocenters. The zero-order chi connectivity index (χ0) is 21.3. The lowest BCUT2D eigenvalue weighted by molar-refractivity contribution is -0.137. The molecular formula is C26H36O4. The second-order valence-electron chi connectivity index (χ2n) is 11.0. The number of ketones is 1. The monoisotopic (exact) mass is 412 g/mol. The van der Waals surface area contributed by atoms with Crippen molar-refractivity contribution in [3.05, 3.63) is 23.8 Å². The number of hydrogen-bond donors (Lipinski definition) is 0. The highest BCUT2D eigenvalue weighted by molar-refractivity contribution is 5.92. The van der Waals surface area contributed by atoms with Crippen LogP contribution >= 0.6 is 0 Å². The number of carbonyl (C=O) groups is 2. The van der Waals surface area contributed by atoms with Gasteiger partial charge in [-0.1, -0.05) is 26.8 Å². The summed E-state index contributed by atoms with van der Waals surface area (Å²) in [5.74, 6) is 2.99. The zero-order valence-electron chi connectivity index (χ0n) is 18.9. The van der Waals surface area contributed by atoms with Crippen LogP contribution < -0.4 is 0 Å². The lowest BCUT2D eigenvalue weighted by Gasteiger charge is -2.57. The highest BCUT2D eigenvalue weighted by atomic mass is 16.6. The fraction of sp³-hybridized carbons (Fsp3) is 0.769. The van der Waals surface area contributed by atoms with Crippen molar-refractivity contribution in [2.24, 2.45) is 40.4 Å². The average Bonchev–Trinajstić information content (AvgIpc) is 3.42. The van der Waals surface area contributed by atoms with Crippen LogP contribution in [0.25, 0.3) is 0 Å². The van der Waals surface area contributed by atoms with Crippen LogP contribution in [0.2, 0.25) is 0 Å². The third-order valence-electron chi connectivity index (χ3n) is 9.76. The highest BCUT2D eigenvalue weighted by Crippen LogP contribution is 2.70. The molecular weight excluding hydrogens is 376 g/mol. The lowest BCUT2D eigenvalue weighted by atomic mass is 9.46. The molecule has 1 heterocycles.